The van der Waals surface area contributed by atoms with Crippen molar-refractivity contribution in [2.24, 2.45) is 0 Å². The Kier molecular flexibility index (Phi) is 3.97. The first-order chi connectivity index (χ1) is 6.72. The molecule has 5 heteroatoms. The molecule has 0 saturated carbocycles. The lowest BCUT2D eigenvalue weighted by Gasteiger charge is -2.13. The van der Waals surface area contributed by atoms with E-state index >= 15 is 0 Å². The van der Waals surface area contributed by atoms with Gasteiger partial charge in [0, 0.05) is 25.0 Å². The first kappa shape index (κ1) is 10.6. The number of hydrogen-bond donors (Lipinski definition) is 2. The fourth-order valence-electron chi connectivity index (χ4n) is 1.17. The molecule has 0 aromatic carbocycles. The number of nitrogens with one attached hydrogen (secondary N) is 2. The fourth-order valence-corrected chi connectivity index (χ4v) is 1.17. The summed E-state index contributed by atoms with van der Waals surface area (Å²) in [6.45, 7) is 5.15. The third-order valence-electron chi connectivity index (χ3n) is 1.73. The molecule has 2 N–H and O–H groups in total. The molecule has 0 aliphatic carbocycles. The van der Waals surface area contributed by atoms with E-state index in [1.54, 1.807) is 10.9 Å². The molecule has 0 bridgehead atoms. The van der Waals surface area contributed by atoms with Crippen molar-refractivity contribution in [2.75, 3.05) is 6.54 Å². The lowest BCUT2D eigenvalue weighted by molar-refractivity contribution is 0.236. The maximum absolute atomic E-state index is 11.1. The Morgan fingerprint density at radius 2 is 2.43 bits per heavy atom. The molecule has 1 unspecified atom stereocenters. The molecule has 0 radical (unpaired) electrons. The highest BCUT2D eigenvalue weighted by Gasteiger charge is 2.06. The van der Waals surface area contributed by atoms with Crippen molar-refractivity contribution in [2.45, 2.75) is 26.4 Å². The molecule has 1 heterocycles. The first-order valence-corrected chi connectivity index (χ1v) is 4.74. The van der Waals surface area contributed by atoms with Crippen LogP contribution in [0.15, 0.2) is 18.5 Å². The molecule has 5 nitrogen and oxygen atoms in total. The van der Waals surface area contributed by atoms with E-state index in [1.807, 2.05) is 26.1 Å². The van der Waals surface area contributed by atoms with Crippen LogP contribution in [-0.4, -0.2) is 28.4 Å². The molecule has 2 amide bonds. The Morgan fingerprint density at radius 3 is 3.00 bits per heavy atom. The minimum absolute atomic E-state index is 0.0708. The third kappa shape index (κ3) is 3.47. The molecule has 1 atom stereocenters. The van der Waals surface area contributed by atoms with Crippen molar-refractivity contribution in [3.63, 3.8) is 0 Å². The number of aromatic nitrogens is 2. The number of rotatable bonds is 4. The second-order valence-electron chi connectivity index (χ2n) is 3.13. The zero-order valence-electron chi connectivity index (χ0n) is 8.53. The van der Waals surface area contributed by atoms with Gasteiger partial charge in [0.15, 0.2) is 0 Å². The normalized spacial score (nSPS) is 12.1. The number of carbonyl (C=O) groups excluding carboxylic acids is 1. The van der Waals surface area contributed by atoms with Crippen molar-refractivity contribution in [1.82, 2.24) is 20.4 Å². The summed E-state index contributed by atoms with van der Waals surface area (Å²) in [6, 6.07) is 1.80. The van der Waals surface area contributed by atoms with Gasteiger partial charge in [-0.15, -0.1) is 0 Å². The average Bonchev–Trinajstić information content (AvgIpc) is 2.56. The average molecular weight is 196 g/mol. The lowest BCUT2D eigenvalue weighted by atomic mass is 10.3. The molecular weight excluding hydrogens is 180 g/mol. The van der Waals surface area contributed by atoms with Crippen LogP contribution < -0.4 is 10.6 Å². The Hall–Kier alpha value is -1.52. The predicted octanol–water partition coefficient (Wildman–Crippen LogP) is 0.591. The van der Waals surface area contributed by atoms with Gasteiger partial charge in [-0.3, -0.25) is 4.68 Å². The van der Waals surface area contributed by atoms with Crippen LogP contribution in [0.2, 0.25) is 0 Å². The molecule has 1 rings (SSSR count). The topological polar surface area (TPSA) is 59.0 Å². The van der Waals surface area contributed by atoms with E-state index in [0.717, 1.165) is 0 Å². The smallest absolute Gasteiger partial charge is 0.315 e. The van der Waals surface area contributed by atoms with Crippen molar-refractivity contribution >= 4 is 6.03 Å². The Labute approximate surface area is 83.5 Å². The second kappa shape index (κ2) is 5.26. The summed E-state index contributed by atoms with van der Waals surface area (Å²) in [6.07, 6.45) is 3.59. The van der Waals surface area contributed by atoms with E-state index in [9.17, 15) is 4.79 Å². The van der Waals surface area contributed by atoms with Crippen LogP contribution in [0.4, 0.5) is 4.79 Å². The largest absolute Gasteiger partial charge is 0.338 e. The zero-order chi connectivity index (χ0) is 10.4. The van der Waals surface area contributed by atoms with Gasteiger partial charge in [0.2, 0.25) is 0 Å². The molecule has 0 saturated heterocycles. The van der Waals surface area contributed by atoms with Crippen molar-refractivity contribution in [3.05, 3.63) is 18.5 Å². The van der Waals surface area contributed by atoms with E-state index < -0.39 is 0 Å². The van der Waals surface area contributed by atoms with E-state index in [2.05, 4.69) is 15.7 Å². The standard InChI is InChI=1S/C9H16N4O/c1-3-10-9(14)12-8(2)7-13-6-4-5-11-13/h4-6,8H,3,7H2,1-2H3,(H2,10,12,14). The van der Waals surface area contributed by atoms with Gasteiger partial charge < -0.3 is 10.6 Å². The number of carbonyl (C=O) groups is 1. The van der Waals surface area contributed by atoms with Crippen molar-refractivity contribution < 1.29 is 4.79 Å². The molecule has 14 heavy (non-hydrogen) atoms. The maximum atomic E-state index is 11.1. The van der Waals surface area contributed by atoms with Gasteiger partial charge in [-0.25, -0.2) is 4.79 Å². The third-order valence-corrected chi connectivity index (χ3v) is 1.73. The summed E-state index contributed by atoms with van der Waals surface area (Å²) in [4.78, 5) is 11.1. The maximum Gasteiger partial charge on any atom is 0.315 e. The molecule has 0 aliphatic rings. The molecule has 1 aromatic rings. The van der Waals surface area contributed by atoms with Crippen LogP contribution in [0.1, 0.15) is 13.8 Å². The predicted molar refractivity (Wildman–Crippen MR) is 53.9 cm³/mol. The Balaban J connectivity index is 2.29. The highest BCUT2D eigenvalue weighted by atomic mass is 16.2. The van der Waals surface area contributed by atoms with Gasteiger partial charge in [-0.1, -0.05) is 0 Å². The number of urea groups is 1. The van der Waals surface area contributed by atoms with E-state index in [4.69, 9.17) is 0 Å². The van der Waals surface area contributed by atoms with Crippen LogP contribution >= 0.6 is 0 Å². The fraction of sp³-hybridized carbons (Fsp3) is 0.556. The van der Waals surface area contributed by atoms with E-state index in [1.165, 1.54) is 0 Å². The Morgan fingerprint density at radius 1 is 1.64 bits per heavy atom. The molecule has 0 aliphatic heterocycles. The van der Waals surface area contributed by atoms with Crippen LogP contribution in [-0.2, 0) is 6.54 Å². The van der Waals surface area contributed by atoms with Gasteiger partial charge in [-0.2, -0.15) is 5.10 Å². The molecular formula is C9H16N4O. The number of amides is 2. The summed E-state index contributed by atoms with van der Waals surface area (Å²) in [5, 5.41) is 9.54. The van der Waals surface area contributed by atoms with Crippen LogP contribution in [0, 0.1) is 0 Å². The number of nitrogens with zero attached hydrogens (tertiary/aromatic N) is 2. The van der Waals surface area contributed by atoms with Crippen LogP contribution in [0.3, 0.4) is 0 Å². The minimum Gasteiger partial charge on any atom is -0.338 e. The molecule has 78 valence electrons. The van der Waals surface area contributed by atoms with Gasteiger partial charge >= 0.3 is 6.03 Å². The summed E-state index contributed by atoms with van der Waals surface area (Å²) in [5.74, 6) is 0. The minimum atomic E-state index is -0.132. The summed E-state index contributed by atoms with van der Waals surface area (Å²) < 4.78 is 1.79. The van der Waals surface area contributed by atoms with Gasteiger partial charge in [-0.05, 0) is 19.9 Å². The van der Waals surface area contributed by atoms with Gasteiger partial charge in [0.1, 0.15) is 0 Å². The molecule has 0 fully saturated rings. The monoisotopic (exact) mass is 196 g/mol. The molecule has 0 spiro atoms. The van der Waals surface area contributed by atoms with Gasteiger partial charge in [0.25, 0.3) is 0 Å². The lowest BCUT2D eigenvalue weighted by Crippen LogP contribution is -2.42. The molecule has 1 aromatic heterocycles. The SMILES string of the molecule is CCNC(=O)NC(C)Cn1cccn1. The first-order valence-electron chi connectivity index (χ1n) is 4.74. The van der Waals surface area contributed by atoms with E-state index in [-0.39, 0.29) is 12.1 Å². The van der Waals surface area contributed by atoms with Gasteiger partial charge in [0.05, 0.1) is 6.54 Å². The van der Waals surface area contributed by atoms with E-state index in [0.29, 0.717) is 13.1 Å². The highest BCUT2D eigenvalue weighted by Crippen LogP contribution is 1.89. The van der Waals surface area contributed by atoms with Crippen LogP contribution in [0.5, 0.6) is 0 Å². The zero-order valence-corrected chi connectivity index (χ0v) is 8.53. The van der Waals surface area contributed by atoms with Crippen LogP contribution in [0.25, 0.3) is 0 Å². The second-order valence-corrected chi connectivity index (χ2v) is 3.13. The Bertz CT molecular complexity index is 270. The summed E-state index contributed by atoms with van der Waals surface area (Å²) in [7, 11) is 0. The quantitative estimate of drug-likeness (QED) is 0.740. The van der Waals surface area contributed by atoms with Crippen molar-refractivity contribution in [1.29, 1.82) is 0 Å². The number of hydrogen-bond acceptors (Lipinski definition) is 2. The highest BCUT2D eigenvalue weighted by molar-refractivity contribution is 5.73. The summed E-state index contributed by atoms with van der Waals surface area (Å²) >= 11 is 0. The summed E-state index contributed by atoms with van der Waals surface area (Å²) in [5.41, 5.74) is 0. The van der Waals surface area contributed by atoms with Crippen molar-refractivity contribution in [3.8, 4) is 0 Å².